The minimum Gasteiger partial charge on any atom is -0.380 e. The Morgan fingerprint density at radius 3 is 2.90 bits per heavy atom. The first kappa shape index (κ1) is 16.3. The van der Waals surface area contributed by atoms with Gasteiger partial charge in [-0.05, 0) is 31.4 Å². The number of rotatable bonds is 5. The number of nitrogens with two attached hydrogens (primary N) is 1. The molecule has 0 amide bonds. The van der Waals surface area contributed by atoms with Gasteiger partial charge in [0, 0.05) is 31.8 Å². The van der Waals surface area contributed by atoms with Gasteiger partial charge < -0.3 is 15.4 Å². The molecule has 0 bridgehead atoms. The molecule has 0 aliphatic carbocycles. The van der Waals surface area contributed by atoms with Gasteiger partial charge in [0.05, 0.1) is 6.10 Å². The third kappa shape index (κ3) is 3.99. The highest BCUT2D eigenvalue weighted by Crippen LogP contribution is 2.23. The molecule has 118 valence electrons. The zero-order valence-corrected chi connectivity index (χ0v) is 12.7. The van der Waals surface area contributed by atoms with E-state index in [1.807, 2.05) is 0 Å². The molecule has 2 rings (SSSR count). The first-order chi connectivity index (χ1) is 10.0. The average Bonchev–Trinajstić information content (AvgIpc) is 2.49. The summed E-state index contributed by atoms with van der Waals surface area (Å²) in [5.74, 6) is -1.11. The van der Waals surface area contributed by atoms with Crippen LogP contribution in [0.5, 0.6) is 0 Å². The summed E-state index contributed by atoms with van der Waals surface area (Å²) in [7, 11) is 1.73. The highest BCUT2D eigenvalue weighted by molar-refractivity contribution is 5.22. The number of hydrogen-bond donors (Lipinski definition) is 1. The Bertz CT molecular complexity index is 470. The summed E-state index contributed by atoms with van der Waals surface area (Å²) in [4.78, 5) is 2.28. The number of nitrogens with zero attached hydrogens (tertiary/aromatic N) is 1. The first-order valence-corrected chi connectivity index (χ1v) is 7.47. The number of ether oxygens (including phenoxy) is 1. The van der Waals surface area contributed by atoms with Crippen LogP contribution in [-0.2, 0) is 4.74 Å². The lowest BCUT2D eigenvalue weighted by molar-refractivity contribution is -0.00558. The zero-order chi connectivity index (χ0) is 15.4. The summed E-state index contributed by atoms with van der Waals surface area (Å²) in [6.45, 7) is 4.83. The van der Waals surface area contributed by atoms with Crippen LogP contribution in [0.4, 0.5) is 8.78 Å². The summed E-state index contributed by atoms with van der Waals surface area (Å²) < 4.78 is 32.4. The van der Waals surface area contributed by atoms with Crippen LogP contribution in [0, 0.1) is 17.6 Å². The summed E-state index contributed by atoms with van der Waals surface area (Å²) in [5.41, 5.74) is 6.27. The fourth-order valence-electron chi connectivity index (χ4n) is 2.89. The predicted molar refractivity (Wildman–Crippen MR) is 78.9 cm³/mol. The fourth-order valence-corrected chi connectivity index (χ4v) is 2.89. The van der Waals surface area contributed by atoms with Crippen molar-refractivity contribution in [3.8, 4) is 0 Å². The molecule has 1 aliphatic heterocycles. The van der Waals surface area contributed by atoms with Crippen molar-refractivity contribution in [1.29, 1.82) is 0 Å². The van der Waals surface area contributed by atoms with Gasteiger partial charge in [-0.2, -0.15) is 0 Å². The van der Waals surface area contributed by atoms with Crippen molar-refractivity contribution in [2.24, 2.45) is 11.7 Å². The Morgan fingerprint density at radius 1 is 1.43 bits per heavy atom. The molecule has 5 heteroatoms. The molecule has 1 saturated heterocycles. The number of methoxy groups -OCH3 is 1. The Kier molecular flexibility index (Phi) is 5.67. The van der Waals surface area contributed by atoms with Crippen LogP contribution < -0.4 is 5.73 Å². The van der Waals surface area contributed by atoms with E-state index in [0.717, 1.165) is 32.1 Å². The van der Waals surface area contributed by atoms with Crippen molar-refractivity contribution < 1.29 is 13.5 Å². The van der Waals surface area contributed by atoms with Crippen molar-refractivity contribution in [3.63, 3.8) is 0 Å². The van der Waals surface area contributed by atoms with E-state index in [0.29, 0.717) is 12.3 Å². The van der Waals surface area contributed by atoms with Crippen molar-refractivity contribution in [1.82, 2.24) is 4.90 Å². The van der Waals surface area contributed by atoms with E-state index in [2.05, 4.69) is 11.8 Å². The number of hydrogen-bond acceptors (Lipinski definition) is 3. The molecule has 1 fully saturated rings. The Labute approximate surface area is 125 Å². The van der Waals surface area contributed by atoms with E-state index >= 15 is 0 Å². The van der Waals surface area contributed by atoms with E-state index in [1.54, 1.807) is 13.2 Å². The molecule has 3 unspecified atom stereocenters. The molecule has 1 heterocycles. The first-order valence-electron chi connectivity index (χ1n) is 7.47. The van der Waals surface area contributed by atoms with Crippen molar-refractivity contribution in [3.05, 3.63) is 35.4 Å². The van der Waals surface area contributed by atoms with Gasteiger partial charge in [0.1, 0.15) is 0 Å². The Balaban J connectivity index is 1.89. The molecule has 0 radical (unpaired) electrons. The summed E-state index contributed by atoms with van der Waals surface area (Å²) in [6.07, 6.45) is 1.92. The van der Waals surface area contributed by atoms with Crippen LogP contribution in [0.25, 0.3) is 0 Å². The van der Waals surface area contributed by atoms with E-state index in [9.17, 15) is 8.78 Å². The van der Waals surface area contributed by atoms with Crippen LogP contribution in [-0.4, -0.2) is 37.7 Å². The van der Waals surface area contributed by atoms with Gasteiger partial charge in [0.25, 0.3) is 0 Å². The second-order valence-electron chi connectivity index (χ2n) is 5.88. The average molecular weight is 298 g/mol. The topological polar surface area (TPSA) is 38.5 Å². The maximum atomic E-state index is 13.7. The second kappa shape index (κ2) is 7.29. The van der Waals surface area contributed by atoms with Crippen LogP contribution in [0.15, 0.2) is 18.2 Å². The van der Waals surface area contributed by atoms with Crippen LogP contribution in [0.1, 0.15) is 31.4 Å². The lowest BCUT2D eigenvalue weighted by Crippen LogP contribution is -2.44. The third-order valence-corrected chi connectivity index (χ3v) is 4.41. The summed E-state index contributed by atoms with van der Waals surface area (Å²) in [6, 6.07) is 3.68. The molecule has 1 aromatic rings. The molecule has 0 saturated carbocycles. The maximum absolute atomic E-state index is 13.7. The van der Waals surface area contributed by atoms with Gasteiger partial charge in [-0.3, -0.25) is 0 Å². The van der Waals surface area contributed by atoms with E-state index < -0.39 is 17.7 Å². The van der Waals surface area contributed by atoms with Crippen LogP contribution in [0.2, 0.25) is 0 Å². The second-order valence-corrected chi connectivity index (χ2v) is 5.88. The highest BCUT2D eigenvalue weighted by atomic mass is 19.2. The van der Waals surface area contributed by atoms with Gasteiger partial charge in [-0.15, -0.1) is 0 Å². The molecule has 0 spiro atoms. The molecular weight excluding hydrogens is 274 g/mol. The fraction of sp³-hybridized carbons (Fsp3) is 0.625. The third-order valence-electron chi connectivity index (χ3n) is 4.41. The standard InChI is InChI=1S/C16H24F2N2O/c1-11-6-8-20(10-15(11)21-2)9-7-14(19)12-4-3-5-13(17)16(12)18/h3-5,11,14-15H,6-10,19H2,1-2H3. The Hall–Kier alpha value is -1.04. The van der Waals surface area contributed by atoms with Crippen molar-refractivity contribution in [2.45, 2.75) is 31.9 Å². The lowest BCUT2D eigenvalue weighted by atomic mass is 9.95. The van der Waals surface area contributed by atoms with Crippen molar-refractivity contribution >= 4 is 0 Å². The molecule has 21 heavy (non-hydrogen) atoms. The summed E-state index contributed by atoms with van der Waals surface area (Å²) in [5, 5.41) is 0. The quantitative estimate of drug-likeness (QED) is 0.908. The van der Waals surface area contributed by atoms with Gasteiger partial charge in [0.2, 0.25) is 0 Å². The highest BCUT2D eigenvalue weighted by Gasteiger charge is 2.26. The monoisotopic (exact) mass is 298 g/mol. The normalized spacial score (nSPS) is 25.0. The lowest BCUT2D eigenvalue weighted by Gasteiger charge is -2.36. The largest absolute Gasteiger partial charge is 0.380 e. The molecule has 1 aromatic carbocycles. The van der Waals surface area contributed by atoms with E-state index in [4.69, 9.17) is 10.5 Å². The number of piperidine rings is 1. The van der Waals surface area contributed by atoms with E-state index in [1.165, 1.54) is 6.07 Å². The number of likely N-dealkylation sites (tertiary alicyclic amines) is 1. The van der Waals surface area contributed by atoms with E-state index in [-0.39, 0.29) is 11.7 Å². The maximum Gasteiger partial charge on any atom is 0.163 e. The smallest absolute Gasteiger partial charge is 0.163 e. The Morgan fingerprint density at radius 2 is 2.19 bits per heavy atom. The summed E-state index contributed by atoms with van der Waals surface area (Å²) >= 11 is 0. The molecule has 3 nitrogen and oxygen atoms in total. The molecular formula is C16H24F2N2O. The number of benzene rings is 1. The minimum atomic E-state index is -0.839. The van der Waals surface area contributed by atoms with Gasteiger partial charge in [-0.1, -0.05) is 19.1 Å². The molecule has 0 aromatic heterocycles. The zero-order valence-electron chi connectivity index (χ0n) is 12.7. The van der Waals surface area contributed by atoms with Gasteiger partial charge in [0.15, 0.2) is 11.6 Å². The number of halogens is 2. The van der Waals surface area contributed by atoms with Crippen molar-refractivity contribution in [2.75, 3.05) is 26.7 Å². The van der Waals surface area contributed by atoms with Gasteiger partial charge in [-0.25, -0.2) is 8.78 Å². The molecule has 1 aliphatic rings. The van der Waals surface area contributed by atoms with Gasteiger partial charge >= 0.3 is 0 Å². The van der Waals surface area contributed by atoms with Crippen LogP contribution in [0.3, 0.4) is 0 Å². The molecule has 3 atom stereocenters. The molecule has 2 N–H and O–H groups in total. The SMILES string of the molecule is COC1CN(CCC(N)c2cccc(F)c2F)CCC1C. The predicted octanol–water partition coefficient (Wildman–Crippen LogP) is 2.71. The van der Waals surface area contributed by atoms with Crippen LogP contribution >= 0.6 is 0 Å². The minimum absolute atomic E-state index is 0.237.